The number of methoxy groups -OCH3 is 2. The molecule has 0 radical (unpaired) electrons. The van der Waals surface area contributed by atoms with Gasteiger partial charge in [0.2, 0.25) is 0 Å². The largest absolute Gasteiger partial charge is 0.496 e. The van der Waals surface area contributed by atoms with Gasteiger partial charge in [0, 0.05) is 21.2 Å². The van der Waals surface area contributed by atoms with E-state index < -0.39 is 6.04 Å². The smallest absolute Gasteiger partial charge is 0.138 e. The van der Waals surface area contributed by atoms with Crippen LogP contribution in [0.1, 0.15) is 17.2 Å². The second kappa shape index (κ2) is 6.88. The van der Waals surface area contributed by atoms with Crippen LogP contribution in [-0.2, 0) is 0 Å². The summed E-state index contributed by atoms with van der Waals surface area (Å²) in [5.74, 6) is 1.26. The number of halogens is 3. The highest BCUT2D eigenvalue weighted by molar-refractivity contribution is 9.10. The quantitative estimate of drug-likeness (QED) is 0.813. The van der Waals surface area contributed by atoms with Gasteiger partial charge in [-0.1, -0.05) is 29.3 Å². The van der Waals surface area contributed by atoms with E-state index in [0.717, 1.165) is 15.6 Å². The number of rotatable bonds is 4. The molecule has 0 aliphatic carbocycles. The van der Waals surface area contributed by atoms with E-state index in [1.807, 2.05) is 6.07 Å². The summed E-state index contributed by atoms with van der Waals surface area (Å²) in [7, 11) is 3.16. The third-order valence-corrected chi connectivity index (χ3v) is 4.15. The summed E-state index contributed by atoms with van der Waals surface area (Å²) < 4.78 is 11.5. The van der Waals surface area contributed by atoms with Gasteiger partial charge in [-0.15, -0.1) is 0 Å². The van der Waals surface area contributed by atoms with E-state index in [9.17, 15) is 0 Å². The molecule has 0 aliphatic rings. The van der Waals surface area contributed by atoms with Gasteiger partial charge in [-0.2, -0.15) is 0 Å². The standard InChI is InChI=1S/C15H14BrCl2NO2/c1-20-13-7-8(17)3-4-10(13)14(19)11-5-9(18)6-12(16)15(11)21-2/h3-7,14H,19H2,1-2H3. The summed E-state index contributed by atoms with van der Waals surface area (Å²) in [4.78, 5) is 0. The minimum Gasteiger partial charge on any atom is -0.496 e. The van der Waals surface area contributed by atoms with E-state index in [1.165, 1.54) is 0 Å². The first-order valence-electron chi connectivity index (χ1n) is 6.10. The first-order valence-corrected chi connectivity index (χ1v) is 7.64. The van der Waals surface area contributed by atoms with Crippen LogP contribution in [0.4, 0.5) is 0 Å². The molecule has 0 aromatic heterocycles. The summed E-state index contributed by atoms with van der Waals surface area (Å²) >= 11 is 15.5. The van der Waals surface area contributed by atoms with Crippen molar-refractivity contribution in [3.05, 3.63) is 56.0 Å². The molecule has 2 aromatic carbocycles. The van der Waals surface area contributed by atoms with Crippen LogP contribution in [0.25, 0.3) is 0 Å². The predicted octanol–water partition coefficient (Wildman–Crippen LogP) is 4.82. The summed E-state index contributed by atoms with van der Waals surface area (Å²) in [5.41, 5.74) is 7.94. The molecule has 2 rings (SSSR count). The number of hydrogen-bond acceptors (Lipinski definition) is 3. The second-order valence-corrected chi connectivity index (χ2v) is 6.10. The van der Waals surface area contributed by atoms with Crippen molar-refractivity contribution in [2.75, 3.05) is 14.2 Å². The van der Waals surface area contributed by atoms with Gasteiger partial charge in [0.1, 0.15) is 11.5 Å². The number of benzene rings is 2. The van der Waals surface area contributed by atoms with Gasteiger partial charge in [0.25, 0.3) is 0 Å². The fourth-order valence-corrected chi connectivity index (χ4v) is 3.29. The Morgan fingerprint density at radius 2 is 1.71 bits per heavy atom. The van der Waals surface area contributed by atoms with E-state index in [-0.39, 0.29) is 0 Å². The van der Waals surface area contributed by atoms with Crippen molar-refractivity contribution >= 4 is 39.1 Å². The topological polar surface area (TPSA) is 44.5 Å². The highest BCUT2D eigenvalue weighted by Gasteiger charge is 2.20. The molecule has 0 amide bonds. The Hall–Kier alpha value is -0.940. The van der Waals surface area contributed by atoms with Crippen molar-refractivity contribution in [3.8, 4) is 11.5 Å². The fraction of sp³-hybridized carbons (Fsp3) is 0.200. The maximum absolute atomic E-state index is 6.37. The number of nitrogens with two attached hydrogens (primary N) is 1. The lowest BCUT2D eigenvalue weighted by Gasteiger charge is -2.20. The highest BCUT2D eigenvalue weighted by Crippen LogP contribution is 2.39. The van der Waals surface area contributed by atoms with E-state index in [0.29, 0.717) is 21.5 Å². The van der Waals surface area contributed by atoms with Crippen LogP contribution in [0.5, 0.6) is 11.5 Å². The normalized spacial score (nSPS) is 12.1. The minimum atomic E-state index is -0.456. The van der Waals surface area contributed by atoms with Crippen LogP contribution in [-0.4, -0.2) is 14.2 Å². The van der Waals surface area contributed by atoms with Gasteiger partial charge in [-0.3, -0.25) is 0 Å². The molecule has 2 aromatic rings. The number of ether oxygens (including phenoxy) is 2. The summed E-state index contributed by atoms with van der Waals surface area (Å²) in [6.07, 6.45) is 0. The van der Waals surface area contributed by atoms with Crippen LogP contribution >= 0.6 is 39.1 Å². The Morgan fingerprint density at radius 3 is 2.33 bits per heavy atom. The Balaban J connectivity index is 2.57. The molecule has 0 saturated carbocycles. The highest BCUT2D eigenvalue weighted by atomic mass is 79.9. The monoisotopic (exact) mass is 389 g/mol. The van der Waals surface area contributed by atoms with Crippen LogP contribution in [0.15, 0.2) is 34.8 Å². The average molecular weight is 391 g/mol. The molecule has 112 valence electrons. The predicted molar refractivity (Wildman–Crippen MR) is 89.7 cm³/mol. The lowest BCUT2D eigenvalue weighted by molar-refractivity contribution is 0.399. The zero-order chi connectivity index (χ0) is 15.6. The fourth-order valence-electron chi connectivity index (χ4n) is 2.14. The summed E-state index contributed by atoms with van der Waals surface area (Å²) in [5, 5.41) is 1.16. The lowest BCUT2D eigenvalue weighted by atomic mass is 9.98. The first-order chi connectivity index (χ1) is 9.97. The van der Waals surface area contributed by atoms with E-state index >= 15 is 0 Å². The SMILES string of the molecule is COc1cc(Cl)ccc1C(N)c1cc(Cl)cc(Br)c1OC. The lowest BCUT2D eigenvalue weighted by Crippen LogP contribution is -2.14. The first kappa shape index (κ1) is 16.4. The van der Waals surface area contributed by atoms with Gasteiger partial charge < -0.3 is 15.2 Å². The molecule has 0 fully saturated rings. The zero-order valence-electron chi connectivity index (χ0n) is 11.5. The molecule has 0 spiro atoms. The summed E-state index contributed by atoms with van der Waals surface area (Å²) in [6.45, 7) is 0. The van der Waals surface area contributed by atoms with Crippen molar-refractivity contribution in [2.24, 2.45) is 5.73 Å². The molecule has 21 heavy (non-hydrogen) atoms. The Kier molecular flexibility index (Phi) is 5.38. The average Bonchev–Trinajstić information content (AvgIpc) is 2.45. The Bertz CT molecular complexity index is 664. The molecule has 1 atom stereocenters. The van der Waals surface area contributed by atoms with Crippen LogP contribution in [0.2, 0.25) is 10.0 Å². The van der Waals surface area contributed by atoms with Gasteiger partial charge >= 0.3 is 0 Å². The second-order valence-electron chi connectivity index (χ2n) is 4.37. The van der Waals surface area contributed by atoms with Crippen LogP contribution in [0.3, 0.4) is 0 Å². The molecule has 2 N–H and O–H groups in total. The van der Waals surface area contributed by atoms with Crippen molar-refractivity contribution in [1.82, 2.24) is 0 Å². The van der Waals surface area contributed by atoms with Gasteiger partial charge in [0.05, 0.1) is 24.7 Å². The molecular weight excluding hydrogens is 377 g/mol. The van der Waals surface area contributed by atoms with Crippen molar-refractivity contribution in [2.45, 2.75) is 6.04 Å². The Labute approximate surface area is 142 Å². The minimum absolute atomic E-state index is 0.456. The molecule has 6 heteroatoms. The third kappa shape index (κ3) is 3.46. The maximum Gasteiger partial charge on any atom is 0.138 e. The van der Waals surface area contributed by atoms with Crippen molar-refractivity contribution in [3.63, 3.8) is 0 Å². The molecule has 0 heterocycles. The molecule has 3 nitrogen and oxygen atoms in total. The third-order valence-electron chi connectivity index (χ3n) is 3.11. The van der Waals surface area contributed by atoms with Gasteiger partial charge in [-0.05, 0) is 40.2 Å². The van der Waals surface area contributed by atoms with Crippen molar-refractivity contribution < 1.29 is 9.47 Å². The molecule has 0 aliphatic heterocycles. The Morgan fingerprint density at radius 1 is 1.00 bits per heavy atom. The molecule has 1 unspecified atom stereocenters. The van der Waals surface area contributed by atoms with Crippen molar-refractivity contribution in [1.29, 1.82) is 0 Å². The van der Waals surface area contributed by atoms with Crippen LogP contribution < -0.4 is 15.2 Å². The van der Waals surface area contributed by atoms with Gasteiger partial charge in [0.15, 0.2) is 0 Å². The van der Waals surface area contributed by atoms with E-state index in [2.05, 4.69) is 15.9 Å². The van der Waals surface area contributed by atoms with Crippen LogP contribution in [0, 0.1) is 0 Å². The maximum atomic E-state index is 6.37. The summed E-state index contributed by atoms with van der Waals surface area (Å²) in [6, 6.07) is 8.41. The zero-order valence-corrected chi connectivity index (χ0v) is 14.6. The van der Waals surface area contributed by atoms with E-state index in [4.69, 9.17) is 38.4 Å². The molecular formula is C15H14BrCl2NO2. The molecule has 0 saturated heterocycles. The van der Waals surface area contributed by atoms with Gasteiger partial charge in [-0.25, -0.2) is 0 Å². The van der Waals surface area contributed by atoms with E-state index in [1.54, 1.807) is 38.5 Å². The molecule has 0 bridgehead atoms. The number of hydrogen-bond donors (Lipinski definition) is 1.